The van der Waals surface area contributed by atoms with Crippen molar-refractivity contribution in [3.05, 3.63) is 27.0 Å². The number of aromatic nitrogens is 2. The SMILES string of the molecule is O=c1[nH]cc(S(=O)(=O)N2CC[C@H](O)C2)c(=O)[nH]1. The summed E-state index contributed by atoms with van der Waals surface area (Å²) in [6.07, 6.45) is 0.480. The molecule has 3 N–H and O–H groups in total. The molecule has 9 heteroatoms. The van der Waals surface area contributed by atoms with Crippen molar-refractivity contribution in [3.8, 4) is 0 Å². The molecule has 0 spiro atoms. The van der Waals surface area contributed by atoms with Gasteiger partial charge in [-0.1, -0.05) is 0 Å². The molecular weight excluding hydrogens is 250 g/mol. The van der Waals surface area contributed by atoms with Gasteiger partial charge in [-0.15, -0.1) is 0 Å². The first-order chi connectivity index (χ1) is 7.91. The topological polar surface area (TPSA) is 123 Å². The molecule has 0 aliphatic carbocycles. The Labute approximate surface area is 96.0 Å². The molecule has 1 fully saturated rings. The number of nitrogens with zero attached hydrogens (tertiary/aromatic N) is 1. The first kappa shape index (κ1) is 12.0. The van der Waals surface area contributed by atoms with E-state index in [4.69, 9.17) is 0 Å². The zero-order valence-electron chi connectivity index (χ0n) is 8.71. The number of β-amino-alcohol motifs (C(OH)–C–C–N with tert-alkyl or cyclic N) is 1. The predicted octanol–water partition coefficient (Wildman–Crippen LogP) is -2.18. The smallest absolute Gasteiger partial charge is 0.325 e. The van der Waals surface area contributed by atoms with Gasteiger partial charge in [0.2, 0.25) is 10.0 Å². The van der Waals surface area contributed by atoms with Crippen LogP contribution in [0.1, 0.15) is 6.42 Å². The summed E-state index contributed by atoms with van der Waals surface area (Å²) in [6, 6.07) is 0. The zero-order chi connectivity index (χ0) is 12.6. The molecule has 1 atom stereocenters. The highest BCUT2D eigenvalue weighted by Gasteiger charge is 2.33. The predicted molar refractivity (Wildman–Crippen MR) is 57.1 cm³/mol. The molecule has 1 aromatic heterocycles. The van der Waals surface area contributed by atoms with E-state index >= 15 is 0 Å². The number of rotatable bonds is 2. The van der Waals surface area contributed by atoms with Crippen molar-refractivity contribution >= 4 is 10.0 Å². The maximum Gasteiger partial charge on any atom is 0.325 e. The summed E-state index contributed by atoms with van der Waals surface area (Å²) in [5, 5.41) is 9.27. The molecule has 1 aliphatic rings. The highest BCUT2D eigenvalue weighted by Crippen LogP contribution is 2.17. The molecule has 1 aromatic rings. The maximum atomic E-state index is 12.0. The van der Waals surface area contributed by atoms with Crippen LogP contribution in [-0.4, -0.2) is 47.0 Å². The molecule has 0 radical (unpaired) electrons. The van der Waals surface area contributed by atoms with Crippen LogP contribution in [0, 0.1) is 0 Å². The van der Waals surface area contributed by atoms with Gasteiger partial charge in [-0.25, -0.2) is 13.2 Å². The second-order valence-electron chi connectivity index (χ2n) is 3.74. The number of hydrogen-bond donors (Lipinski definition) is 3. The Morgan fingerprint density at radius 2 is 2.12 bits per heavy atom. The van der Waals surface area contributed by atoms with Crippen LogP contribution in [0.2, 0.25) is 0 Å². The van der Waals surface area contributed by atoms with Gasteiger partial charge >= 0.3 is 5.69 Å². The fraction of sp³-hybridized carbons (Fsp3) is 0.500. The van der Waals surface area contributed by atoms with Crippen LogP contribution >= 0.6 is 0 Å². The van der Waals surface area contributed by atoms with Gasteiger partial charge < -0.3 is 10.1 Å². The number of sulfonamides is 1. The molecule has 17 heavy (non-hydrogen) atoms. The van der Waals surface area contributed by atoms with Gasteiger partial charge in [-0.2, -0.15) is 4.31 Å². The van der Waals surface area contributed by atoms with E-state index in [1.54, 1.807) is 0 Å². The van der Waals surface area contributed by atoms with Gasteiger partial charge in [-0.05, 0) is 6.42 Å². The normalized spacial score (nSPS) is 21.8. The lowest BCUT2D eigenvalue weighted by Gasteiger charge is -2.14. The largest absolute Gasteiger partial charge is 0.392 e. The molecule has 8 nitrogen and oxygen atoms in total. The Morgan fingerprint density at radius 1 is 1.41 bits per heavy atom. The Hall–Kier alpha value is -1.45. The van der Waals surface area contributed by atoms with Crippen LogP contribution in [0.4, 0.5) is 0 Å². The van der Waals surface area contributed by atoms with Gasteiger partial charge in [0.1, 0.15) is 0 Å². The third kappa shape index (κ3) is 2.16. The molecule has 1 saturated heterocycles. The summed E-state index contributed by atoms with van der Waals surface area (Å²) in [5.74, 6) is 0. The number of H-pyrrole nitrogens is 2. The van der Waals surface area contributed by atoms with Crippen molar-refractivity contribution < 1.29 is 13.5 Å². The molecule has 2 heterocycles. The van der Waals surface area contributed by atoms with E-state index in [0.29, 0.717) is 6.42 Å². The van der Waals surface area contributed by atoms with Crippen LogP contribution in [-0.2, 0) is 10.0 Å². The first-order valence-electron chi connectivity index (χ1n) is 4.91. The van der Waals surface area contributed by atoms with Crippen molar-refractivity contribution in [1.29, 1.82) is 0 Å². The molecule has 0 saturated carbocycles. The van der Waals surface area contributed by atoms with Crippen molar-refractivity contribution in [2.45, 2.75) is 17.4 Å². The summed E-state index contributed by atoms with van der Waals surface area (Å²) < 4.78 is 25.0. The van der Waals surface area contributed by atoms with Crippen LogP contribution in [0.15, 0.2) is 20.7 Å². The van der Waals surface area contributed by atoms with Crippen molar-refractivity contribution in [2.24, 2.45) is 0 Å². The third-order valence-corrected chi connectivity index (χ3v) is 4.40. The lowest BCUT2D eigenvalue weighted by Crippen LogP contribution is -2.35. The Morgan fingerprint density at radius 3 is 2.65 bits per heavy atom. The fourth-order valence-electron chi connectivity index (χ4n) is 1.66. The minimum Gasteiger partial charge on any atom is -0.392 e. The van der Waals surface area contributed by atoms with Crippen molar-refractivity contribution in [2.75, 3.05) is 13.1 Å². The number of aliphatic hydroxyl groups is 1. The molecule has 0 unspecified atom stereocenters. The second kappa shape index (κ2) is 4.09. The average molecular weight is 261 g/mol. The van der Waals surface area contributed by atoms with E-state index in [0.717, 1.165) is 10.5 Å². The van der Waals surface area contributed by atoms with Crippen molar-refractivity contribution in [3.63, 3.8) is 0 Å². The molecule has 94 valence electrons. The third-order valence-electron chi connectivity index (χ3n) is 2.53. The number of aliphatic hydroxyl groups excluding tert-OH is 1. The van der Waals surface area contributed by atoms with Crippen molar-refractivity contribution in [1.82, 2.24) is 14.3 Å². The highest BCUT2D eigenvalue weighted by molar-refractivity contribution is 7.89. The van der Waals surface area contributed by atoms with Gasteiger partial charge in [0.05, 0.1) is 6.10 Å². The van der Waals surface area contributed by atoms with E-state index < -0.39 is 32.3 Å². The summed E-state index contributed by atoms with van der Waals surface area (Å²) in [7, 11) is -3.96. The summed E-state index contributed by atoms with van der Waals surface area (Å²) >= 11 is 0. The number of hydrogen-bond acceptors (Lipinski definition) is 5. The minimum atomic E-state index is -3.96. The zero-order valence-corrected chi connectivity index (χ0v) is 9.53. The summed E-state index contributed by atoms with van der Waals surface area (Å²) in [5.41, 5.74) is -1.73. The number of aromatic amines is 2. The molecular formula is C8H11N3O5S. The monoisotopic (exact) mass is 261 g/mol. The summed E-state index contributed by atoms with van der Waals surface area (Å²) in [6.45, 7) is 0.114. The quantitative estimate of drug-likeness (QED) is 0.558. The van der Waals surface area contributed by atoms with Gasteiger partial charge in [-0.3, -0.25) is 9.78 Å². The van der Waals surface area contributed by atoms with E-state index in [2.05, 4.69) is 4.98 Å². The summed E-state index contributed by atoms with van der Waals surface area (Å²) in [4.78, 5) is 25.6. The average Bonchev–Trinajstić information content (AvgIpc) is 2.64. The lowest BCUT2D eigenvalue weighted by molar-refractivity contribution is 0.189. The maximum absolute atomic E-state index is 12.0. The molecule has 0 amide bonds. The highest BCUT2D eigenvalue weighted by atomic mass is 32.2. The molecule has 1 aliphatic heterocycles. The van der Waals surface area contributed by atoms with Crippen LogP contribution in [0.25, 0.3) is 0 Å². The van der Waals surface area contributed by atoms with Gasteiger partial charge in [0.25, 0.3) is 5.56 Å². The second-order valence-corrected chi connectivity index (χ2v) is 5.65. The van der Waals surface area contributed by atoms with Gasteiger partial charge in [0.15, 0.2) is 4.90 Å². The standard InChI is InChI=1S/C8H11N3O5S/c12-5-1-2-11(4-5)17(15,16)6-3-9-8(14)10-7(6)13/h3,5,12H,1-2,4H2,(H2,9,10,13,14)/t5-/m0/s1. The first-order valence-corrected chi connectivity index (χ1v) is 6.35. The van der Waals surface area contributed by atoms with Crippen LogP contribution < -0.4 is 11.2 Å². The molecule has 2 rings (SSSR count). The van der Waals surface area contributed by atoms with E-state index in [-0.39, 0.29) is 13.1 Å². The fourth-order valence-corrected chi connectivity index (χ4v) is 3.14. The minimum absolute atomic E-state index is 0.0408. The van der Waals surface area contributed by atoms with Gasteiger partial charge in [0, 0.05) is 19.3 Å². The lowest BCUT2D eigenvalue weighted by atomic mass is 10.3. The van der Waals surface area contributed by atoms with E-state index in [1.807, 2.05) is 4.98 Å². The number of nitrogens with one attached hydrogen (secondary N) is 2. The van der Waals surface area contributed by atoms with E-state index in [9.17, 15) is 23.1 Å². The molecule has 0 bridgehead atoms. The van der Waals surface area contributed by atoms with Crippen LogP contribution in [0.5, 0.6) is 0 Å². The molecule has 0 aromatic carbocycles. The van der Waals surface area contributed by atoms with Crippen LogP contribution in [0.3, 0.4) is 0 Å². The Balaban J connectivity index is 2.45. The van der Waals surface area contributed by atoms with E-state index in [1.165, 1.54) is 0 Å². The Kier molecular flexibility index (Phi) is 2.89. The Bertz CT molecular complexity index is 631.